The van der Waals surface area contributed by atoms with Crippen molar-refractivity contribution in [3.63, 3.8) is 0 Å². The zero-order valence-electron chi connectivity index (χ0n) is 10.8. The first kappa shape index (κ1) is 12.7. The van der Waals surface area contributed by atoms with E-state index in [0.717, 1.165) is 28.5 Å². The van der Waals surface area contributed by atoms with Crippen molar-refractivity contribution in [2.24, 2.45) is 10.7 Å². The molecule has 3 aliphatic rings. The Morgan fingerprint density at radius 1 is 1.50 bits per heavy atom. The number of hydrogen-bond donors (Lipinski definition) is 1. The number of aliphatic imine (C=N–C) groups is 1. The molecule has 3 aliphatic heterocycles. The fraction of sp³-hybridized carbons (Fsp3) is 0.500. The third-order valence-corrected chi connectivity index (χ3v) is 6.43. The van der Waals surface area contributed by atoms with Gasteiger partial charge in [0.25, 0.3) is 5.91 Å². The van der Waals surface area contributed by atoms with Crippen molar-refractivity contribution >= 4 is 43.7 Å². The highest BCUT2D eigenvalue weighted by molar-refractivity contribution is 9.13. The van der Waals surface area contributed by atoms with Crippen molar-refractivity contribution in [3.8, 4) is 0 Å². The summed E-state index contributed by atoms with van der Waals surface area (Å²) in [5.74, 6) is 0.510. The SMILES string of the molecule is CN1C(N)=NC23CCCN2C(=O)c2cc(Br)c(Br)n2C13. The van der Waals surface area contributed by atoms with E-state index in [1.54, 1.807) is 0 Å². The fourth-order valence-electron chi connectivity index (χ4n) is 3.65. The average molecular weight is 403 g/mol. The summed E-state index contributed by atoms with van der Waals surface area (Å²) in [7, 11) is 1.93. The van der Waals surface area contributed by atoms with Gasteiger partial charge in [0, 0.05) is 13.6 Å². The van der Waals surface area contributed by atoms with Crippen LogP contribution < -0.4 is 5.73 Å². The highest BCUT2D eigenvalue weighted by atomic mass is 79.9. The molecule has 4 rings (SSSR count). The number of halogens is 2. The third kappa shape index (κ3) is 1.25. The second-order valence-electron chi connectivity index (χ2n) is 5.43. The number of guanidine groups is 1. The highest BCUT2D eigenvalue weighted by Crippen LogP contribution is 2.51. The number of nitrogens with two attached hydrogens (primary N) is 1. The van der Waals surface area contributed by atoms with Crippen LogP contribution >= 0.6 is 31.9 Å². The predicted molar refractivity (Wildman–Crippen MR) is 81.3 cm³/mol. The molecular weight excluding hydrogens is 390 g/mol. The van der Waals surface area contributed by atoms with Gasteiger partial charge in [-0.15, -0.1) is 0 Å². The number of hydrogen-bond acceptors (Lipinski definition) is 4. The van der Waals surface area contributed by atoms with Crippen LogP contribution in [0.25, 0.3) is 0 Å². The minimum absolute atomic E-state index is 0.0250. The van der Waals surface area contributed by atoms with Crippen LogP contribution in [0.15, 0.2) is 20.1 Å². The Balaban J connectivity index is 2.03. The number of fused-ring (bicyclic) bond motifs is 2. The van der Waals surface area contributed by atoms with Crippen LogP contribution in [0.4, 0.5) is 0 Å². The molecule has 0 aromatic carbocycles. The molecule has 1 spiro atoms. The van der Waals surface area contributed by atoms with Crippen LogP contribution in [0.2, 0.25) is 0 Å². The summed E-state index contributed by atoms with van der Waals surface area (Å²) in [5.41, 5.74) is 6.16. The molecule has 1 amide bonds. The van der Waals surface area contributed by atoms with Gasteiger partial charge in [0.1, 0.15) is 10.3 Å². The first-order valence-electron chi connectivity index (χ1n) is 6.44. The van der Waals surface area contributed by atoms with Gasteiger partial charge < -0.3 is 20.1 Å². The maximum atomic E-state index is 12.7. The second kappa shape index (κ2) is 3.79. The van der Waals surface area contributed by atoms with Crippen LogP contribution in [0.5, 0.6) is 0 Å². The first-order valence-corrected chi connectivity index (χ1v) is 8.02. The van der Waals surface area contributed by atoms with Crippen LogP contribution in [0.1, 0.15) is 29.5 Å². The predicted octanol–water partition coefficient (Wildman–Crippen LogP) is 1.72. The normalized spacial score (nSPS) is 31.2. The molecule has 0 bridgehead atoms. The lowest BCUT2D eigenvalue weighted by atomic mass is 10.0. The summed E-state index contributed by atoms with van der Waals surface area (Å²) in [6.07, 6.45) is 1.71. The molecule has 0 aliphatic carbocycles. The topological polar surface area (TPSA) is 66.9 Å². The lowest BCUT2D eigenvalue weighted by Crippen LogP contribution is -2.57. The maximum absolute atomic E-state index is 12.7. The van der Waals surface area contributed by atoms with Crippen molar-refractivity contribution < 1.29 is 4.79 Å². The van der Waals surface area contributed by atoms with Crippen molar-refractivity contribution in [1.82, 2.24) is 14.4 Å². The molecule has 1 aromatic rings. The second-order valence-corrected chi connectivity index (χ2v) is 7.04. The van der Waals surface area contributed by atoms with E-state index in [1.807, 2.05) is 27.5 Å². The number of likely N-dealkylation sites (N-methyl/N-ethyl adjacent to an activating group) is 1. The van der Waals surface area contributed by atoms with Crippen LogP contribution in [0.3, 0.4) is 0 Å². The molecule has 1 aromatic heterocycles. The molecule has 1 fully saturated rings. The van der Waals surface area contributed by atoms with E-state index in [2.05, 4.69) is 36.9 Å². The molecule has 8 heteroatoms. The Labute approximate surface area is 132 Å². The minimum Gasteiger partial charge on any atom is -0.370 e. The summed E-state index contributed by atoms with van der Waals surface area (Å²) >= 11 is 7.06. The summed E-state index contributed by atoms with van der Waals surface area (Å²) in [6, 6.07) is 1.86. The van der Waals surface area contributed by atoms with Crippen LogP contribution in [0, 0.1) is 0 Å². The van der Waals surface area contributed by atoms with E-state index >= 15 is 0 Å². The number of nitrogens with zero attached hydrogens (tertiary/aromatic N) is 4. The average Bonchev–Trinajstić information content (AvgIpc) is 3.01. The molecule has 4 heterocycles. The van der Waals surface area contributed by atoms with E-state index in [1.165, 1.54) is 0 Å². The summed E-state index contributed by atoms with van der Waals surface area (Å²) in [6.45, 7) is 0.736. The molecular formula is C12H13Br2N5O. The summed E-state index contributed by atoms with van der Waals surface area (Å²) in [4.78, 5) is 21.2. The lowest BCUT2D eigenvalue weighted by molar-refractivity contribution is 0.0188. The van der Waals surface area contributed by atoms with Crippen molar-refractivity contribution in [2.75, 3.05) is 13.6 Å². The highest BCUT2D eigenvalue weighted by Gasteiger charge is 2.60. The van der Waals surface area contributed by atoms with E-state index in [0.29, 0.717) is 11.7 Å². The largest absolute Gasteiger partial charge is 0.370 e. The lowest BCUT2D eigenvalue weighted by Gasteiger charge is -2.44. The van der Waals surface area contributed by atoms with Gasteiger partial charge >= 0.3 is 0 Å². The van der Waals surface area contributed by atoms with E-state index in [4.69, 9.17) is 5.73 Å². The molecule has 20 heavy (non-hydrogen) atoms. The van der Waals surface area contributed by atoms with Crippen molar-refractivity contribution in [3.05, 3.63) is 20.8 Å². The quantitative estimate of drug-likeness (QED) is 0.718. The smallest absolute Gasteiger partial charge is 0.272 e. The number of rotatable bonds is 0. The van der Waals surface area contributed by atoms with E-state index in [9.17, 15) is 4.79 Å². The zero-order valence-corrected chi connectivity index (χ0v) is 14.0. The van der Waals surface area contributed by atoms with Gasteiger partial charge in [-0.05, 0) is 50.8 Å². The number of carbonyl (C=O) groups is 1. The number of aromatic nitrogens is 1. The molecule has 2 N–H and O–H groups in total. The fourth-order valence-corrected chi connectivity index (χ4v) is 4.56. The van der Waals surface area contributed by atoms with Crippen LogP contribution in [-0.4, -0.2) is 45.5 Å². The number of amides is 1. The molecule has 106 valence electrons. The molecule has 1 saturated heterocycles. The Morgan fingerprint density at radius 2 is 2.25 bits per heavy atom. The van der Waals surface area contributed by atoms with Gasteiger partial charge in [0.15, 0.2) is 17.8 Å². The number of carbonyl (C=O) groups excluding carboxylic acids is 1. The van der Waals surface area contributed by atoms with E-state index < -0.39 is 5.66 Å². The van der Waals surface area contributed by atoms with Gasteiger partial charge in [-0.2, -0.15) is 0 Å². The Bertz CT molecular complexity index is 669. The van der Waals surface area contributed by atoms with E-state index in [-0.39, 0.29) is 12.1 Å². The Kier molecular flexibility index (Phi) is 2.41. The zero-order chi connectivity index (χ0) is 14.2. The summed E-state index contributed by atoms with van der Waals surface area (Å²) < 4.78 is 3.72. The summed E-state index contributed by atoms with van der Waals surface area (Å²) in [5, 5.41) is 0. The molecule has 6 nitrogen and oxygen atoms in total. The molecule has 2 unspecified atom stereocenters. The van der Waals surface area contributed by atoms with Gasteiger partial charge in [0.05, 0.1) is 4.47 Å². The molecule has 0 radical (unpaired) electrons. The minimum atomic E-state index is -0.552. The van der Waals surface area contributed by atoms with Gasteiger partial charge in [-0.3, -0.25) is 4.79 Å². The standard InChI is InChI=1S/C12H13Br2N5O/c1-17-10-12(16-11(17)15)3-2-4-18(12)9(20)7-5-6(13)8(14)19(7)10/h5,10H,2-4H2,1H3,(H2,15,16). The Hall–Kier alpha value is -1.02. The monoisotopic (exact) mass is 401 g/mol. The maximum Gasteiger partial charge on any atom is 0.272 e. The third-order valence-electron chi connectivity index (χ3n) is 4.48. The first-order chi connectivity index (χ1) is 9.47. The van der Waals surface area contributed by atoms with Gasteiger partial charge in [-0.1, -0.05) is 0 Å². The Morgan fingerprint density at radius 3 is 3.00 bits per heavy atom. The molecule has 2 atom stereocenters. The van der Waals surface area contributed by atoms with Gasteiger partial charge in [0.2, 0.25) is 0 Å². The van der Waals surface area contributed by atoms with Crippen molar-refractivity contribution in [2.45, 2.75) is 24.7 Å². The molecule has 0 saturated carbocycles. The van der Waals surface area contributed by atoms with Crippen LogP contribution in [-0.2, 0) is 0 Å². The van der Waals surface area contributed by atoms with Gasteiger partial charge in [-0.25, -0.2) is 4.99 Å². The van der Waals surface area contributed by atoms with Crippen molar-refractivity contribution in [1.29, 1.82) is 0 Å².